The standard InChI is InChI=1S/C10H14F3NO3/c1-6-3-2-4-14(8(6)9(16)17)7(15)5-10(11,12)13/h6,8H,2-5H2,1H3,(H,16,17). The number of aliphatic carboxylic acids is 1. The van der Waals surface area contributed by atoms with Gasteiger partial charge in [-0.25, -0.2) is 4.79 Å². The smallest absolute Gasteiger partial charge is 0.397 e. The highest BCUT2D eigenvalue weighted by atomic mass is 19.4. The maximum absolute atomic E-state index is 12.1. The SMILES string of the molecule is CC1CCCN(C(=O)CC(F)(F)F)C1C(=O)O. The van der Waals surface area contributed by atoms with E-state index in [2.05, 4.69) is 0 Å². The Morgan fingerprint density at radius 2 is 2.00 bits per heavy atom. The molecular weight excluding hydrogens is 239 g/mol. The van der Waals surface area contributed by atoms with Crippen molar-refractivity contribution >= 4 is 11.9 Å². The molecule has 0 radical (unpaired) electrons. The van der Waals surface area contributed by atoms with E-state index in [1.807, 2.05) is 0 Å². The van der Waals surface area contributed by atoms with Gasteiger partial charge in [-0.2, -0.15) is 13.2 Å². The lowest BCUT2D eigenvalue weighted by Crippen LogP contribution is -2.52. The number of carbonyl (C=O) groups is 2. The lowest BCUT2D eigenvalue weighted by atomic mass is 9.90. The van der Waals surface area contributed by atoms with Crippen molar-refractivity contribution in [1.82, 2.24) is 4.90 Å². The van der Waals surface area contributed by atoms with Crippen molar-refractivity contribution in [2.24, 2.45) is 5.92 Å². The molecule has 1 saturated heterocycles. The van der Waals surface area contributed by atoms with Crippen LogP contribution in [-0.4, -0.2) is 40.6 Å². The Labute approximate surface area is 96.4 Å². The Bertz CT molecular complexity index is 316. The Hall–Kier alpha value is -1.27. The van der Waals surface area contributed by atoms with E-state index < -0.39 is 30.5 Å². The second-order valence-corrected chi connectivity index (χ2v) is 4.28. The van der Waals surface area contributed by atoms with Gasteiger partial charge in [0.05, 0.1) is 0 Å². The van der Waals surface area contributed by atoms with Crippen LogP contribution in [0.3, 0.4) is 0 Å². The van der Waals surface area contributed by atoms with Gasteiger partial charge in [0.2, 0.25) is 5.91 Å². The summed E-state index contributed by atoms with van der Waals surface area (Å²) in [6, 6.07) is -1.14. The van der Waals surface area contributed by atoms with Gasteiger partial charge < -0.3 is 10.0 Å². The Morgan fingerprint density at radius 3 is 2.47 bits per heavy atom. The first-order chi connectivity index (χ1) is 7.72. The van der Waals surface area contributed by atoms with E-state index in [1.54, 1.807) is 6.92 Å². The highest BCUT2D eigenvalue weighted by Crippen LogP contribution is 2.27. The molecule has 98 valence electrons. The van der Waals surface area contributed by atoms with Gasteiger partial charge >= 0.3 is 12.1 Å². The third-order valence-electron chi connectivity index (χ3n) is 2.86. The summed E-state index contributed by atoms with van der Waals surface area (Å²) in [6.07, 6.45) is -5.05. The molecule has 4 nitrogen and oxygen atoms in total. The lowest BCUT2D eigenvalue weighted by Gasteiger charge is -2.37. The van der Waals surface area contributed by atoms with Crippen molar-refractivity contribution in [3.05, 3.63) is 0 Å². The van der Waals surface area contributed by atoms with Crippen molar-refractivity contribution in [2.75, 3.05) is 6.54 Å². The van der Waals surface area contributed by atoms with Crippen molar-refractivity contribution < 1.29 is 27.9 Å². The van der Waals surface area contributed by atoms with Crippen molar-refractivity contribution in [2.45, 2.75) is 38.4 Å². The molecule has 0 aromatic rings. The highest BCUT2D eigenvalue weighted by Gasteiger charge is 2.41. The molecule has 2 atom stereocenters. The largest absolute Gasteiger partial charge is 0.480 e. The maximum atomic E-state index is 12.1. The molecule has 1 aliphatic heterocycles. The van der Waals surface area contributed by atoms with E-state index in [-0.39, 0.29) is 12.5 Å². The van der Waals surface area contributed by atoms with Gasteiger partial charge in [-0.05, 0) is 18.8 Å². The Balaban J connectivity index is 2.79. The number of carbonyl (C=O) groups excluding carboxylic acids is 1. The monoisotopic (exact) mass is 253 g/mol. The summed E-state index contributed by atoms with van der Waals surface area (Å²) in [4.78, 5) is 23.2. The molecular formula is C10H14F3NO3. The van der Waals surface area contributed by atoms with Crippen LogP contribution in [0, 0.1) is 5.92 Å². The first kappa shape index (κ1) is 13.8. The molecule has 1 fully saturated rings. The summed E-state index contributed by atoms with van der Waals surface area (Å²) in [6.45, 7) is 1.71. The number of alkyl halides is 3. The fourth-order valence-corrected chi connectivity index (χ4v) is 2.12. The molecule has 7 heteroatoms. The molecule has 0 spiro atoms. The van der Waals surface area contributed by atoms with Crippen LogP contribution in [0.15, 0.2) is 0 Å². The van der Waals surface area contributed by atoms with Crippen LogP contribution in [-0.2, 0) is 9.59 Å². The minimum Gasteiger partial charge on any atom is -0.480 e. The first-order valence-electron chi connectivity index (χ1n) is 5.31. The number of hydrogen-bond donors (Lipinski definition) is 1. The fraction of sp³-hybridized carbons (Fsp3) is 0.800. The van der Waals surface area contributed by atoms with Crippen molar-refractivity contribution in [3.63, 3.8) is 0 Å². The molecule has 0 aromatic heterocycles. The zero-order chi connectivity index (χ0) is 13.2. The minimum absolute atomic E-state index is 0.0796. The molecule has 1 aliphatic rings. The van der Waals surface area contributed by atoms with E-state index in [4.69, 9.17) is 5.11 Å². The number of hydrogen-bond acceptors (Lipinski definition) is 2. The molecule has 0 saturated carbocycles. The predicted molar refractivity (Wildman–Crippen MR) is 52.2 cm³/mol. The number of carboxylic acids is 1. The number of piperidine rings is 1. The Morgan fingerprint density at radius 1 is 1.41 bits per heavy atom. The zero-order valence-corrected chi connectivity index (χ0v) is 9.33. The van der Waals surface area contributed by atoms with Crippen LogP contribution in [0.1, 0.15) is 26.2 Å². The topological polar surface area (TPSA) is 57.6 Å². The van der Waals surface area contributed by atoms with E-state index in [1.165, 1.54) is 0 Å². The summed E-state index contributed by atoms with van der Waals surface area (Å²) in [5.74, 6) is -2.72. The number of carboxylic acid groups (broad SMARTS) is 1. The molecule has 17 heavy (non-hydrogen) atoms. The summed E-state index contributed by atoms with van der Waals surface area (Å²) in [7, 11) is 0. The van der Waals surface area contributed by atoms with Gasteiger partial charge in [0.15, 0.2) is 0 Å². The third-order valence-corrected chi connectivity index (χ3v) is 2.86. The normalized spacial score (nSPS) is 25.8. The molecule has 1 heterocycles. The van der Waals surface area contributed by atoms with Gasteiger partial charge in [0, 0.05) is 6.54 Å². The van der Waals surface area contributed by atoms with E-state index >= 15 is 0 Å². The average molecular weight is 253 g/mol. The van der Waals surface area contributed by atoms with Gasteiger partial charge in [0.1, 0.15) is 12.5 Å². The number of amides is 1. The summed E-state index contributed by atoms with van der Waals surface area (Å²) in [5.41, 5.74) is 0. The Kier molecular flexibility index (Phi) is 4.00. The number of halogens is 3. The quantitative estimate of drug-likeness (QED) is 0.814. The summed E-state index contributed by atoms with van der Waals surface area (Å²) in [5, 5.41) is 8.95. The van der Waals surface area contributed by atoms with Gasteiger partial charge in [0.25, 0.3) is 0 Å². The molecule has 2 unspecified atom stereocenters. The molecule has 0 bridgehead atoms. The summed E-state index contributed by atoms with van der Waals surface area (Å²) < 4.78 is 36.3. The van der Waals surface area contributed by atoms with Gasteiger partial charge in [-0.3, -0.25) is 4.79 Å². The van der Waals surface area contributed by atoms with Crippen molar-refractivity contribution in [1.29, 1.82) is 0 Å². The first-order valence-corrected chi connectivity index (χ1v) is 5.31. The van der Waals surface area contributed by atoms with Gasteiger partial charge in [-0.1, -0.05) is 6.92 Å². The summed E-state index contributed by atoms with van der Waals surface area (Å²) >= 11 is 0. The second-order valence-electron chi connectivity index (χ2n) is 4.28. The maximum Gasteiger partial charge on any atom is 0.397 e. The fourth-order valence-electron chi connectivity index (χ4n) is 2.12. The number of rotatable bonds is 2. The minimum atomic E-state index is -4.60. The van der Waals surface area contributed by atoms with Crippen LogP contribution in [0.5, 0.6) is 0 Å². The molecule has 0 aliphatic carbocycles. The second kappa shape index (κ2) is 4.93. The molecule has 1 rings (SSSR count). The molecule has 0 aromatic carbocycles. The van der Waals surface area contributed by atoms with Crippen LogP contribution in [0.4, 0.5) is 13.2 Å². The molecule has 1 amide bonds. The lowest BCUT2D eigenvalue weighted by molar-refractivity contribution is -0.170. The van der Waals surface area contributed by atoms with Gasteiger partial charge in [-0.15, -0.1) is 0 Å². The highest BCUT2D eigenvalue weighted by molar-refractivity contribution is 5.84. The zero-order valence-electron chi connectivity index (χ0n) is 9.33. The third kappa shape index (κ3) is 3.61. The van der Waals surface area contributed by atoms with Crippen LogP contribution in [0.2, 0.25) is 0 Å². The molecule has 1 N–H and O–H groups in total. The van der Waals surface area contributed by atoms with E-state index in [9.17, 15) is 22.8 Å². The van der Waals surface area contributed by atoms with Crippen LogP contribution in [0.25, 0.3) is 0 Å². The van der Waals surface area contributed by atoms with Crippen LogP contribution >= 0.6 is 0 Å². The number of likely N-dealkylation sites (tertiary alicyclic amines) is 1. The van der Waals surface area contributed by atoms with Crippen LogP contribution < -0.4 is 0 Å². The predicted octanol–water partition coefficient (Wildman–Crippen LogP) is 1.65. The van der Waals surface area contributed by atoms with Crippen molar-refractivity contribution in [3.8, 4) is 0 Å². The van der Waals surface area contributed by atoms with E-state index in [0.717, 1.165) is 4.90 Å². The number of nitrogens with zero attached hydrogens (tertiary/aromatic N) is 1. The van der Waals surface area contributed by atoms with E-state index in [0.29, 0.717) is 12.8 Å². The average Bonchev–Trinajstić information content (AvgIpc) is 2.13.